The molecule has 108 valence electrons. The first-order valence-corrected chi connectivity index (χ1v) is 6.97. The summed E-state index contributed by atoms with van der Waals surface area (Å²) >= 11 is 3.98. The molecule has 1 aromatic rings. The number of nitrogens with one attached hydrogen (secondary N) is 1. The third-order valence-electron chi connectivity index (χ3n) is 3.59. The Labute approximate surface area is 122 Å². The lowest BCUT2D eigenvalue weighted by atomic mass is 9.95. The number of piperidine rings is 1. The van der Waals surface area contributed by atoms with Crippen LogP contribution in [0.2, 0.25) is 0 Å². The van der Waals surface area contributed by atoms with E-state index in [9.17, 15) is 14.0 Å². The standard InChI is InChI=1S/C14H17FN2O2S/c1-16-13(18)9-4-6-17(7-5-9)14(19)10-2-3-11(15)12(20)8-10/h2-3,8-9,20H,4-7H2,1H3,(H,16,18). The van der Waals surface area contributed by atoms with Crippen molar-refractivity contribution < 1.29 is 14.0 Å². The van der Waals surface area contributed by atoms with Gasteiger partial charge in [0.25, 0.3) is 5.91 Å². The zero-order chi connectivity index (χ0) is 14.7. The van der Waals surface area contributed by atoms with Crippen molar-refractivity contribution >= 4 is 24.4 Å². The van der Waals surface area contributed by atoms with Crippen LogP contribution in [0.25, 0.3) is 0 Å². The first-order valence-electron chi connectivity index (χ1n) is 6.52. The van der Waals surface area contributed by atoms with Crippen LogP contribution in [0, 0.1) is 11.7 Å². The Morgan fingerprint density at radius 2 is 2.00 bits per heavy atom. The van der Waals surface area contributed by atoms with E-state index >= 15 is 0 Å². The van der Waals surface area contributed by atoms with Gasteiger partial charge >= 0.3 is 0 Å². The lowest BCUT2D eigenvalue weighted by molar-refractivity contribution is -0.125. The number of hydrogen-bond donors (Lipinski definition) is 2. The summed E-state index contributed by atoms with van der Waals surface area (Å²) in [6.45, 7) is 1.08. The summed E-state index contributed by atoms with van der Waals surface area (Å²) in [6, 6.07) is 4.14. The van der Waals surface area contributed by atoms with Crippen LogP contribution >= 0.6 is 12.6 Å². The summed E-state index contributed by atoms with van der Waals surface area (Å²) in [4.78, 5) is 25.7. The van der Waals surface area contributed by atoms with Gasteiger partial charge in [-0.2, -0.15) is 0 Å². The summed E-state index contributed by atoms with van der Waals surface area (Å²) in [5, 5.41) is 2.63. The number of nitrogens with zero attached hydrogens (tertiary/aromatic N) is 1. The highest BCUT2D eigenvalue weighted by Crippen LogP contribution is 2.21. The van der Waals surface area contributed by atoms with Crippen LogP contribution < -0.4 is 5.32 Å². The smallest absolute Gasteiger partial charge is 0.253 e. The average Bonchev–Trinajstić information content (AvgIpc) is 2.48. The van der Waals surface area contributed by atoms with Crippen molar-refractivity contribution in [2.45, 2.75) is 17.7 Å². The predicted octanol–water partition coefficient (Wildman–Crippen LogP) is 1.71. The van der Waals surface area contributed by atoms with E-state index in [2.05, 4.69) is 17.9 Å². The molecule has 1 saturated heterocycles. The zero-order valence-electron chi connectivity index (χ0n) is 11.2. The third kappa shape index (κ3) is 3.12. The molecule has 0 aromatic heterocycles. The molecule has 0 bridgehead atoms. The minimum atomic E-state index is -0.441. The maximum absolute atomic E-state index is 13.1. The zero-order valence-corrected chi connectivity index (χ0v) is 12.1. The molecule has 0 atom stereocenters. The summed E-state index contributed by atoms with van der Waals surface area (Å²) in [6.07, 6.45) is 1.31. The molecule has 2 amide bonds. The molecular weight excluding hydrogens is 279 g/mol. The van der Waals surface area contributed by atoms with Crippen LogP contribution in [0.1, 0.15) is 23.2 Å². The van der Waals surface area contributed by atoms with E-state index in [0.717, 1.165) is 0 Å². The van der Waals surface area contributed by atoms with Crippen molar-refractivity contribution in [2.24, 2.45) is 5.92 Å². The van der Waals surface area contributed by atoms with Gasteiger partial charge in [-0.15, -0.1) is 12.6 Å². The average molecular weight is 296 g/mol. The molecular formula is C14H17FN2O2S. The molecule has 0 spiro atoms. The van der Waals surface area contributed by atoms with Gasteiger partial charge in [-0.25, -0.2) is 4.39 Å². The van der Waals surface area contributed by atoms with E-state index in [-0.39, 0.29) is 22.6 Å². The minimum absolute atomic E-state index is 0.0246. The van der Waals surface area contributed by atoms with Crippen LogP contribution in [0.15, 0.2) is 23.1 Å². The fraction of sp³-hybridized carbons (Fsp3) is 0.429. The molecule has 0 aliphatic carbocycles. The first kappa shape index (κ1) is 14.8. The van der Waals surface area contributed by atoms with Crippen molar-refractivity contribution in [1.82, 2.24) is 10.2 Å². The number of carbonyl (C=O) groups is 2. The summed E-state index contributed by atoms with van der Waals surface area (Å²) < 4.78 is 13.1. The highest BCUT2D eigenvalue weighted by molar-refractivity contribution is 7.80. The highest BCUT2D eigenvalue weighted by atomic mass is 32.1. The van der Waals surface area contributed by atoms with E-state index in [1.165, 1.54) is 18.2 Å². The second-order valence-corrected chi connectivity index (χ2v) is 5.33. The van der Waals surface area contributed by atoms with Gasteiger partial charge in [0.05, 0.1) is 0 Å². The molecule has 20 heavy (non-hydrogen) atoms. The minimum Gasteiger partial charge on any atom is -0.359 e. The van der Waals surface area contributed by atoms with Gasteiger partial charge in [0.2, 0.25) is 5.91 Å². The Balaban J connectivity index is 2.01. The maximum atomic E-state index is 13.1. The Bertz CT molecular complexity index is 528. The number of rotatable bonds is 2. The maximum Gasteiger partial charge on any atom is 0.253 e. The van der Waals surface area contributed by atoms with Crippen molar-refractivity contribution in [3.05, 3.63) is 29.6 Å². The molecule has 1 fully saturated rings. The van der Waals surface area contributed by atoms with E-state index in [4.69, 9.17) is 0 Å². The van der Waals surface area contributed by atoms with Gasteiger partial charge in [-0.3, -0.25) is 9.59 Å². The quantitative estimate of drug-likeness (QED) is 0.816. The van der Waals surface area contributed by atoms with E-state index in [1.54, 1.807) is 11.9 Å². The van der Waals surface area contributed by atoms with Gasteiger partial charge < -0.3 is 10.2 Å². The van der Waals surface area contributed by atoms with Crippen LogP contribution in [-0.4, -0.2) is 36.9 Å². The Kier molecular flexibility index (Phi) is 4.65. The van der Waals surface area contributed by atoms with Gasteiger partial charge in [0.15, 0.2) is 0 Å². The molecule has 0 saturated carbocycles. The normalized spacial score (nSPS) is 16.1. The van der Waals surface area contributed by atoms with E-state index in [0.29, 0.717) is 31.5 Å². The van der Waals surface area contributed by atoms with Crippen molar-refractivity contribution in [2.75, 3.05) is 20.1 Å². The Morgan fingerprint density at radius 3 is 2.55 bits per heavy atom. The number of likely N-dealkylation sites (tertiary alicyclic amines) is 1. The van der Waals surface area contributed by atoms with Crippen molar-refractivity contribution in [1.29, 1.82) is 0 Å². The van der Waals surface area contributed by atoms with Crippen molar-refractivity contribution in [3.63, 3.8) is 0 Å². The second-order valence-electron chi connectivity index (χ2n) is 4.85. The van der Waals surface area contributed by atoms with Crippen LogP contribution in [-0.2, 0) is 4.79 Å². The van der Waals surface area contributed by atoms with Gasteiger partial charge in [-0.1, -0.05) is 0 Å². The number of benzene rings is 1. The monoisotopic (exact) mass is 296 g/mol. The SMILES string of the molecule is CNC(=O)C1CCN(C(=O)c2ccc(F)c(S)c2)CC1. The number of hydrogen-bond acceptors (Lipinski definition) is 3. The highest BCUT2D eigenvalue weighted by Gasteiger charge is 2.27. The molecule has 1 aliphatic heterocycles. The molecule has 2 rings (SSSR count). The van der Waals surface area contributed by atoms with Crippen molar-refractivity contribution in [3.8, 4) is 0 Å². The van der Waals surface area contributed by atoms with E-state index < -0.39 is 5.82 Å². The van der Waals surface area contributed by atoms with Gasteiger partial charge in [-0.05, 0) is 31.0 Å². The summed E-state index contributed by atoms with van der Waals surface area (Å²) in [5.74, 6) is -0.590. The van der Waals surface area contributed by atoms with Gasteiger partial charge in [0.1, 0.15) is 5.82 Å². The first-order chi connectivity index (χ1) is 9.52. The van der Waals surface area contributed by atoms with E-state index in [1.807, 2.05) is 0 Å². The molecule has 0 radical (unpaired) electrons. The van der Waals surface area contributed by atoms with Gasteiger partial charge in [0, 0.05) is 36.5 Å². The molecule has 6 heteroatoms. The Morgan fingerprint density at radius 1 is 1.35 bits per heavy atom. The molecule has 1 heterocycles. The molecule has 1 N–H and O–H groups in total. The fourth-order valence-electron chi connectivity index (χ4n) is 2.38. The number of carbonyl (C=O) groups excluding carboxylic acids is 2. The lowest BCUT2D eigenvalue weighted by Gasteiger charge is -2.31. The molecule has 1 aromatic carbocycles. The molecule has 1 aliphatic rings. The third-order valence-corrected chi connectivity index (χ3v) is 3.94. The Hall–Kier alpha value is -1.56. The summed E-state index contributed by atoms with van der Waals surface area (Å²) in [7, 11) is 1.62. The van der Waals surface area contributed by atoms with Crippen LogP contribution in [0.4, 0.5) is 4.39 Å². The number of thiol groups is 1. The van der Waals surface area contributed by atoms with Crippen LogP contribution in [0.5, 0.6) is 0 Å². The lowest BCUT2D eigenvalue weighted by Crippen LogP contribution is -2.42. The number of amides is 2. The predicted molar refractivity (Wildman–Crippen MR) is 76.3 cm³/mol. The van der Waals surface area contributed by atoms with Crippen LogP contribution in [0.3, 0.4) is 0 Å². The number of halogens is 1. The summed E-state index contributed by atoms with van der Waals surface area (Å²) in [5.41, 5.74) is 0.426. The molecule has 0 unspecified atom stereocenters. The topological polar surface area (TPSA) is 49.4 Å². The second kappa shape index (κ2) is 6.26. The largest absolute Gasteiger partial charge is 0.359 e. The fourth-order valence-corrected chi connectivity index (χ4v) is 2.59. The molecule has 4 nitrogen and oxygen atoms in total.